The van der Waals surface area contributed by atoms with Gasteiger partial charge in [-0.1, -0.05) is 17.7 Å². The van der Waals surface area contributed by atoms with Crippen molar-refractivity contribution >= 4 is 29.0 Å². The highest BCUT2D eigenvalue weighted by Crippen LogP contribution is 2.17. The van der Waals surface area contributed by atoms with Crippen molar-refractivity contribution in [3.63, 3.8) is 0 Å². The molecule has 0 aliphatic heterocycles. The Morgan fingerprint density at radius 2 is 1.83 bits per heavy atom. The van der Waals surface area contributed by atoms with Crippen LogP contribution in [0, 0.1) is 6.92 Å². The number of alkyl halides is 3. The van der Waals surface area contributed by atoms with Crippen molar-refractivity contribution in [3.8, 4) is 0 Å². The number of hydrogen-bond acceptors (Lipinski definition) is 2. The van der Waals surface area contributed by atoms with E-state index in [1.54, 1.807) is 12.1 Å². The van der Waals surface area contributed by atoms with Gasteiger partial charge in [0.2, 0.25) is 0 Å². The van der Waals surface area contributed by atoms with E-state index in [2.05, 4.69) is 0 Å². The molecule has 6 heteroatoms. The zero-order valence-electron chi connectivity index (χ0n) is 9.70. The van der Waals surface area contributed by atoms with Gasteiger partial charge in [-0.05, 0) is 19.1 Å². The van der Waals surface area contributed by atoms with E-state index in [9.17, 15) is 18.4 Å². The maximum Gasteiger partial charge on any atom is 0.316 e. The lowest BCUT2D eigenvalue weighted by Crippen LogP contribution is -2.39. The zero-order valence-corrected chi connectivity index (χ0v) is 10.5. The van der Waals surface area contributed by atoms with E-state index in [0.717, 1.165) is 10.5 Å². The third-order valence-electron chi connectivity index (χ3n) is 2.28. The highest BCUT2D eigenvalue weighted by Gasteiger charge is 2.26. The molecule has 0 aliphatic carbocycles. The lowest BCUT2D eigenvalue weighted by molar-refractivity contribution is -0.130. The summed E-state index contributed by atoms with van der Waals surface area (Å²) in [4.78, 5) is 23.3. The Hall–Kier alpha value is -1.49. The Balaban J connectivity index is 3.00. The molecule has 0 fully saturated rings. The first-order valence-corrected chi connectivity index (χ1v) is 5.73. The van der Waals surface area contributed by atoms with Crippen LogP contribution < -0.4 is 4.90 Å². The summed E-state index contributed by atoms with van der Waals surface area (Å²) in [6, 6.07) is 6.37. The van der Waals surface area contributed by atoms with E-state index in [0.29, 0.717) is 0 Å². The molecule has 0 heterocycles. The third-order valence-corrected chi connectivity index (χ3v) is 2.58. The molecule has 0 aromatic heterocycles. The van der Waals surface area contributed by atoms with Gasteiger partial charge in [0, 0.05) is 5.69 Å². The topological polar surface area (TPSA) is 37.4 Å². The van der Waals surface area contributed by atoms with Gasteiger partial charge in [0.1, 0.15) is 0 Å². The smallest absolute Gasteiger partial charge is 0.300 e. The Morgan fingerprint density at radius 1 is 1.28 bits per heavy atom. The van der Waals surface area contributed by atoms with E-state index in [1.165, 1.54) is 12.1 Å². The van der Waals surface area contributed by atoms with Crippen molar-refractivity contribution < 1.29 is 18.4 Å². The Bertz CT molecular complexity index is 434. The summed E-state index contributed by atoms with van der Waals surface area (Å²) in [5.41, 5.74) is 1.18. The highest BCUT2D eigenvalue weighted by molar-refractivity contribution is 6.28. The molecule has 0 aliphatic rings. The molecular weight excluding hydrogens is 264 g/mol. The van der Waals surface area contributed by atoms with Crippen LogP contribution in [0.4, 0.5) is 14.5 Å². The fourth-order valence-electron chi connectivity index (χ4n) is 1.36. The van der Waals surface area contributed by atoms with Crippen molar-refractivity contribution in [3.05, 3.63) is 29.8 Å². The largest absolute Gasteiger partial charge is 0.316 e. The van der Waals surface area contributed by atoms with E-state index >= 15 is 0 Å². The number of rotatable bonds is 5. The molecule has 0 saturated heterocycles. The summed E-state index contributed by atoms with van der Waals surface area (Å²) in [7, 11) is 0. The van der Waals surface area contributed by atoms with Gasteiger partial charge >= 0.3 is 6.43 Å². The quantitative estimate of drug-likeness (QED) is 0.774. The van der Waals surface area contributed by atoms with Gasteiger partial charge in [0.15, 0.2) is 5.78 Å². The maximum absolute atomic E-state index is 12.5. The number of halogens is 3. The van der Waals surface area contributed by atoms with Crippen LogP contribution in [-0.2, 0) is 9.59 Å². The van der Waals surface area contributed by atoms with Gasteiger partial charge in [-0.25, -0.2) is 0 Å². The van der Waals surface area contributed by atoms with Gasteiger partial charge in [0.25, 0.3) is 5.91 Å². The summed E-state index contributed by atoms with van der Waals surface area (Å²) < 4.78 is 24.9. The summed E-state index contributed by atoms with van der Waals surface area (Å²) >= 11 is 5.32. The monoisotopic (exact) mass is 275 g/mol. The Labute approximate surface area is 108 Å². The molecule has 0 saturated carbocycles. The molecule has 1 rings (SSSR count). The number of carbonyl (C=O) groups is 2. The molecule has 18 heavy (non-hydrogen) atoms. The summed E-state index contributed by atoms with van der Waals surface area (Å²) in [6.45, 7) is 1.38. The van der Waals surface area contributed by atoms with Gasteiger partial charge < -0.3 is 0 Å². The number of carbonyl (C=O) groups excluding carboxylic acids is 2. The predicted octanol–water partition coefficient (Wildman–Crippen LogP) is 2.40. The van der Waals surface area contributed by atoms with E-state index in [1.807, 2.05) is 6.92 Å². The third kappa shape index (κ3) is 3.77. The van der Waals surface area contributed by atoms with Crippen molar-refractivity contribution in [1.82, 2.24) is 0 Å². The number of nitrogens with zero attached hydrogens (tertiary/aromatic N) is 1. The van der Waals surface area contributed by atoms with Crippen molar-refractivity contribution in [2.45, 2.75) is 13.3 Å². The molecule has 1 aromatic carbocycles. The second-order valence-corrected chi connectivity index (χ2v) is 4.00. The van der Waals surface area contributed by atoms with E-state index < -0.39 is 24.7 Å². The van der Waals surface area contributed by atoms with Crippen LogP contribution in [-0.4, -0.2) is 30.5 Å². The summed E-state index contributed by atoms with van der Waals surface area (Å²) in [5, 5.41) is 0. The van der Waals surface area contributed by atoms with Crippen LogP contribution in [0.3, 0.4) is 0 Å². The number of hydrogen-bond donors (Lipinski definition) is 0. The van der Waals surface area contributed by atoms with Gasteiger partial charge in [-0.2, -0.15) is 8.78 Å². The number of amides is 1. The van der Waals surface area contributed by atoms with Crippen LogP contribution in [0.15, 0.2) is 24.3 Å². The van der Waals surface area contributed by atoms with Gasteiger partial charge in [-0.15, -0.1) is 11.6 Å². The first-order valence-electron chi connectivity index (χ1n) is 5.19. The van der Waals surface area contributed by atoms with Crippen LogP contribution >= 0.6 is 11.6 Å². The van der Waals surface area contributed by atoms with Gasteiger partial charge in [0.05, 0.1) is 12.4 Å². The first-order chi connectivity index (χ1) is 8.45. The number of aryl methyl sites for hydroxylation is 1. The fourth-order valence-corrected chi connectivity index (χ4v) is 1.44. The molecule has 0 radical (unpaired) electrons. The minimum Gasteiger partial charge on any atom is -0.300 e. The molecule has 1 aromatic rings. The molecule has 1 amide bonds. The second kappa shape index (κ2) is 6.44. The summed E-state index contributed by atoms with van der Waals surface area (Å²) in [6.07, 6.45) is -3.16. The van der Waals surface area contributed by atoms with E-state index in [-0.39, 0.29) is 11.6 Å². The fraction of sp³-hybridized carbons (Fsp3) is 0.333. The zero-order chi connectivity index (χ0) is 13.7. The first kappa shape index (κ1) is 14.6. The minimum absolute atomic E-state index is 0.254. The van der Waals surface area contributed by atoms with Crippen molar-refractivity contribution in [2.24, 2.45) is 0 Å². The predicted molar refractivity (Wildman–Crippen MR) is 65.3 cm³/mol. The molecule has 0 atom stereocenters. The second-order valence-electron chi connectivity index (χ2n) is 3.73. The highest BCUT2D eigenvalue weighted by atomic mass is 35.5. The van der Waals surface area contributed by atoms with Crippen molar-refractivity contribution in [1.29, 1.82) is 0 Å². The van der Waals surface area contributed by atoms with E-state index in [4.69, 9.17) is 11.6 Å². The van der Waals surface area contributed by atoms with Crippen LogP contribution in [0.2, 0.25) is 0 Å². The molecule has 0 bridgehead atoms. The summed E-state index contributed by atoms with van der Waals surface area (Å²) in [5.74, 6) is -2.22. The van der Waals surface area contributed by atoms with Gasteiger partial charge in [-0.3, -0.25) is 14.5 Å². The Morgan fingerprint density at radius 3 is 2.28 bits per heavy atom. The maximum atomic E-state index is 12.5. The SMILES string of the molecule is Cc1ccc(N(CC(=O)CCl)C(=O)C(F)F)cc1. The Kier molecular flexibility index (Phi) is 5.22. The molecule has 0 spiro atoms. The van der Waals surface area contributed by atoms with Crippen molar-refractivity contribution in [2.75, 3.05) is 17.3 Å². The molecule has 0 unspecified atom stereocenters. The standard InChI is InChI=1S/C12H12ClF2NO2/c1-8-2-4-9(5-3-8)16(7-10(17)6-13)12(18)11(14)15/h2-5,11H,6-7H2,1H3. The average molecular weight is 276 g/mol. The number of benzene rings is 1. The van der Waals surface area contributed by atoms with Crippen LogP contribution in [0.25, 0.3) is 0 Å². The lowest BCUT2D eigenvalue weighted by atomic mass is 10.2. The minimum atomic E-state index is -3.16. The molecule has 98 valence electrons. The number of Topliss-reactive ketones (excluding diaryl/α,β-unsaturated/α-hetero) is 1. The van der Waals surface area contributed by atoms with Crippen LogP contribution in [0.5, 0.6) is 0 Å². The average Bonchev–Trinajstić information content (AvgIpc) is 2.36. The van der Waals surface area contributed by atoms with Crippen LogP contribution in [0.1, 0.15) is 5.56 Å². The molecular formula is C12H12ClF2NO2. The number of ketones is 1. The molecule has 0 N–H and O–H groups in total. The molecule has 3 nitrogen and oxygen atoms in total. The number of anilines is 1. The lowest BCUT2D eigenvalue weighted by Gasteiger charge is -2.21. The normalized spacial score (nSPS) is 10.5.